The van der Waals surface area contributed by atoms with Crippen molar-refractivity contribution in [3.05, 3.63) is 48.5 Å². The second-order valence-corrected chi connectivity index (χ2v) is 4.58. The van der Waals surface area contributed by atoms with E-state index in [4.69, 9.17) is 0 Å². The molecule has 2 aromatic rings. The Morgan fingerprint density at radius 3 is 2.74 bits per heavy atom. The van der Waals surface area contributed by atoms with Crippen molar-refractivity contribution in [1.82, 2.24) is 4.98 Å². The van der Waals surface area contributed by atoms with E-state index in [9.17, 15) is 9.18 Å². The Balaban J connectivity index is 2.01. The molecule has 6 heteroatoms. The highest BCUT2D eigenvalue weighted by Crippen LogP contribution is 2.19. The number of anilines is 2. The number of rotatable bonds is 3. The van der Waals surface area contributed by atoms with Crippen LogP contribution in [0.25, 0.3) is 0 Å². The van der Waals surface area contributed by atoms with Gasteiger partial charge in [0, 0.05) is 16.6 Å². The molecule has 0 spiro atoms. The number of pyridine rings is 1. The first kappa shape index (κ1) is 13.4. The lowest BCUT2D eigenvalue weighted by Gasteiger charge is -2.08. The van der Waals surface area contributed by atoms with Gasteiger partial charge in [-0.2, -0.15) is 0 Å². The van der Waals surface area contributed by atoms with Crippen molar-refractivity contribution in [2.24, 2.45) is 0 Å². The van der Waals surface area contributed by atoms with Crippen LogP contribution >= 0.6 is 11.8 Å². The van der Waals surface area contributed by atoms with E-state index in [2.05, 4.69) is 15.6 Å². The molecule has 0 atom stereocenters. The predicted octanol–water partition coefficient (Wildman–Crippen LogP) is 3.59. The Bertz CT molecular complexity index is 592. The second-order valence-electron chi connectivity index (χ2n) is 3.70. The first-order valence-electron chi connectivity index (χ1n) is 5.50. The van der Waals surface area contributed by atoms with Crippen molar-refractivity contribution in [2.45, 2.75) is 4.90 Å². The maximum absolute atomic E-state index is 12.9. The van der Waals surface area contributed by atoms with E-state index in [1.807, 2.05) is 24.5 Å². The summed E-state index contributed by atoms with van der Waals surface area (Å²) in [6.45, 7) is 0. The Morgan fingerprint density at radius 1 is 1.21 bits per heavy atom. The van der Waals surface area contributed by atoms with E-state index in [0.29, 0.717) is 11.4 Å². The molecule has 2 amide bonds. The van der Waals surface area contributed by atoms with Gasteiger partial charge in [-0.3, -0.25) is 4.98 Å². The number of benzene rings is 1. The minimum absolute atomic E-state index is 0.304. The highest BCUT2D eigenvalue weighted by molar-refractivity contribution is 7.98. The minimum atomic E-state index is -0.498. The zero-order chi connectivity index (χ0) is 13.7. The fourth-order valence-electron chi connectivity index (χ4n) is 1.47. The molecular formula is C13H12FN3OS. The van der Waals surface area contributed by atoms with Crippen LogP contribution in [0.1, 0.15) is 0 Å². The largest absolute Gasteiger partial charge is 0.323 e. The molecule has 1 heterocycles. The van der Waals surface area contributed by atoms with Crippen LogP contribution < -0.4 is 10.6 Å². The number of amides is 2. The Hall–Kier alpha value is -2.08. The van der Waals surface area contributed by atoms with Crippen LogP contribution in [0.15, 0.2) is 47.6 Å². The highest BCUT2D eigenvalue weighted by Gasteiger charge is 2.04. The molecule has 19 heavy (non-hydrogen) atoms. The van der Waals surface area contributed by atoms with Crippen LogP contribution in [-0.2, 0) is 0 Å². The van der Waals surface area contributed by atoms with Crippen LogP contribution in [0.2, 0.25) is 0 Å². The first-order valence-corrected chi connectivity index (χ1v) is 6.72. The SMILES string of the molecule is CSc1cccc(NC(=O)Nc2cncc(F)c2)c1. The normalized spacial score (nSPS) is 10.0. The number of carbonyl (C=O) groups excluding carboxylic acids is 1. The summed E-state index contributed by atoms with van der Waals surface area (Å²) >= 11 is 1.58. The van der Waals surface area contributed by atoms with E-state index >= 15 is 0 Å². The van der Waals surface area contributed by atoms with Gasteiger partial charge in [0.05, 0.1) is 18.1 Å². The molecule has 98 valence electrons. The molecule has 0 radical (unpaired) electrons. The standard InChI is InChI=1S/C13H12FN3OS/c1-19-12-4-2-3-10(6-12)16-13(18)17-11-5-9(14)7-15-8-11/h2-8H,1H3,(H2,16,17,18). The third-order valence-corrected chi connectivity index (χ3v) is 3.02. The zero-order valence-corrected chi connectivity index (χ0v) is 11.0. The van der Waals surface area contributed by atoms with Crippen LogP contribution in [0.5, 0.6) is 0 Å². The van der Waals surface area contributed by atoms with Crippen molar-refractivity contribution in [3.63, 3.8) is 0 Å². The molecule has 0 saturated carbocycles. The molecule has 0 bridgehead atoms. The van der Waals surface area contributed by atoms with Crippen molar-refractivity contribution in [3.8, 4) is 0 Å². The molecule has 2 N–H and O–H groups in total. The van der Waals surface area contributed by atoms with Gasteiger partial charge in [-0.05, 0) is 24.5 Å². The average Bonchev–Trinajstić information content (AvgIpc) is 2.38. The summed E-state index contributed by atoms with van der Waals surface area (Å²) in [7, 11) is 0. The monoisotopic (exact) mass is 277 g/mol. The molecule has 0 aliphatic heterocycles. The van der Waals surface area contributed by atoms with Crippen LogP contribution in [0.3, 0.4) is 0 Å². The van der Waals surface area contributed by atoms with Crippen molar-refractivity contribution >= 4 is 29.2 Å². The van der Waals surface area contributed by atoms with Gasteiger partial charge >= 0.3 is 6.03 Å². The van der Waals surface area contributed by atoms with Gasteiger partial charge in [0.2, 0.25) is 0 Å². The van der Waals surface area contributed by atoms with Crippen molar-refractivity contribution in [1.29, 1.82) is 0 Å². The van der Waals surface area contributed by atoms with E-state index in [1.165, 1.54) is 12.3 Å². The maximum Gasteiger partial charge on any atom is 0.323 e. The second kappa shape index (κ2) is 6.19. The fourth-order valence-corrected chi connectivity index (χ4v) is 1.93. The Morgan fingerprint density at radius 2 is 2.00 bits per heavy atom. The van der Waals surface area contributed by atoms with Gasteiger partial charge in [-0.1, -0.05) is 6.07 Å². The summed E-state index contributed by atoms with van der Waals surface area (Å²) in [6, 6.07) is 8.20. The van der Waals surface area contributed by atoms with E-state index in [1.54, 1.807) is 17.8 Å². The summed E-state index contributed by atoms with van der Waals surface area (Å²) in [4.78, 5) is 16.4. The number of aromatic nitrogens is 1. The number of halogens is 1. The quantitative estimate of drug-likeness (QED) is 0.843. The number of nitrogens with one attached hydrogen (secondary N) is 2. The van der Waals surface area contributed by atoms with Gasteiger partial charge < -0.3 is 10.6 Å². The Labute approximate surface area is 114 Å². The molecule has 0 unspecified atom stereocenters. The highest BCUT2D eigenvalue weighted by atomic mass is 32.2. The molecule has 2 rings (SSSR count). The lowest BCUT2D eigenvalue weighted by molar-refractivity contribution is 0.262. The fraction of sp³-hybridized carbons (Fsp3) is 0.0769. The van der Waals surface area contributed by atoms with Gasteiger partial charge in [0.15, 0.2) is 0 Å². The maximum atomic E-state index is 12.9. The van der Waals surface area contributed by atoms with Crippen molar-refractivity contribution in [2.75, 3.05) is 16.9 Å². The Kier molecular flexibility index (Phi) is 4.35. The lowest BCUT2D eigenvalue weighted by atomic mass is 10.3. The van der Waals surface area contributed by atoms with Crippen LogP contribution in [0, 0.1) is 5.82 Å². The topological polar surface area (TPSA) is 54.0 Å². The van der Waals surface area contributed by atoms with Gasteiger partial charge in [-0.15, -0.1) is 11.8 Å². The van der Waals surface area contributed by atoms with Gasteiger partial charge in [0.1, 0.15) is 5.82 Å². The number of nitrogens with zero attached hydrogens (tertiary/aromatic N) is 1. The molecule has 0 fully saturated rings. The van der Waals surface area contributed by atoms with Gasteiger partial charge in [0.25, 0.3) is 0 Å². The number of urea groups is 1. The zero-order valence-electron chi connectivity index (χ0n) is 10.2. The summed E-state index contributed by atoms with van der Waals surface area (Å²) in [6.07, 6.45) is 4.41. The minimum Gasteiger partial charge on any atom is -0.308 e. The first-order chi connectivity index (χ1) is 9.17. The molecular weight excluding hydrogens is 265 g/mol. The average molecular weight is 277 g/mol. The molecule has 1 aromatic carbocycles. The third kappa shape index (κ3) is 3.96. The number of hydrogen-bond acceptors (Lipinski definition) is 3. The molecule has 0 saturated heterocycles. The molecule has 4 nitrogen and oxygen atoms in total. The van der Waals surface area contributed by atoms with E-state index in [-0.39, 0.29) is 0 Å². The summed E-state index contributed by atoms with van der Waals surface area (Å²) in [5.41, 5.74) is 0.979. The number of thioether (sulfide) groups is 1. The summed E-state index contributed by atoms with van der Waals surface area (Å²) < 4.78 is 12.9. The molecule has 0 aliphatic carbocycles. The molecule has 0 aliphatic rings. The van der Waals surface area contributed by atoms with Gasteiger partial charge in [-0.25, -0.2) is 9.18 Å². The van der Waals surface area contributed by atoms with Crippen LogP contribution in [-0.4, -0.2) is 17.3 Å². The van der Waals surface area contributed by atoms with Crippen molar-refractivity contribution < 1.29 is 9.18 Å². The number of hydrogen-bond donors (Lipinski definition) is 2. The smallest absolute Gasteiger partial charge is 0.308 e. The van der Waals surface area contributed by atoms with Crippen LogP contribution in [0.4, 0.5) is 20.6 Å². The number of carbonyl (C=O) groups is 1. The van der Waals surface area contributed by atoms with E-state index in [0.717, 1.165) is 11.1 Å². The summed E-state index contributed by atoms with van der Waals surface area (Å²) in [5.74, 6) is -0.498. The molecule has 1 aromatic heterocycles. The lowest BCUT2D eigenvalue weighted by Crippen LogP contribution is -2.19. The van der Waals surface area contributed by atoms with E-state index < -0.39 is 11.8 Å². The summed E-state index contributed by atoms with van der Waals surface area (Å²) in [5, 5.41) is 5.18. The third-order valence-electron chi connectivity index (χ3n) is 2.29. The predicted molar refractivity (Wildman–Crippen MR) is 75.1 cm³/mol.